The molecule has 0 atom stereocenters. The highest BCUT2D eigenvalue weighted by molar-refractivity contribution is 4.27. The second kappa shape index (κ2) is 10.2. The molecule has 3 N–H and O–H groups in total. The Morgan fingerprint density at radius 1 is 1.78 bits per heavy atom. The zero-order chi connectivity index (χ0) is 7.70. The fourth-order valence-electron chi connectivity index (χ4n) is 0.112. The molecule has 0 saturated heterocycles. The SMILES string of the molecule is CNCCO.O=[N+]([O-])O. The molecular weight excluding hydrogens is 128 g/mol. The van der Waals surface area contributed by atoms with E-state index in [-0.39, 0.29) is 6.61 Å². The molecule has 6 heteroatoms. The first kappa shape index (κ1) is 11.0. The molecule has 0 aromatic rings. The smallest absolute Gasteiger partial charge is 0.291 e. The Hall–Kier alpha value is -0.880. The lowest BCUT2D eigenvalue weighted by Gasteiger charge is -1.84. The second-order valence-corrected chi connectivity index (χ2v) is 1.06. The Morgan fingerprint density at radius 2 is 2.11 bits per heavy atom. The number of aliphatic hydroxyl groups is 1. The highest BCUT2D eigenvalue weighted by atomic mass is 16.9. The van der Waals surface area contributed by atoms with Crippen LogP contribution < -0.4 is 5.32 Å². The Kier molecular flexibility index (Phi) is 12.4. The number of nitrogens with zero attached hydrogens (tertiary/aromatic N) is 1. The summed E-state index contributed by atoms with van der Waals surface area (Å²) >= 11 is 0. The first-order chi connectivity index (χ1) is 4.15. The third kappa shape index (κ3) is 149. The van der Waals surface area contributed by atoms with Gasteiger partial charge in [-0.3, -0.25) is 0 Å². The average Bonchev–Trinajstić information content (AvgIpc) is 1.66. The lowest BCUT2D eigenvalue weighted by Crippen LogP contribution is -2.10. The van der Waals surface area contributed by atoms with Crippen molar-refractivity contribution >= 4 is 0 Å². The number of aliphatic hydroxyl groups excluding tert-OH is 1. The number of hydrogen-bond donors (Lipinski definition) is 3. The summed E-state index contributed by atoms with van der Waals surface area (Å²) in [5, 5.41) is 24.4. The van der Waals surface area contributed by atoms with E-state index in [9.17, 15) is 0 Å². The van der Waals surface area contributed by atoms with Crippen molar-refractivity contribution in [3.63, 3.8) is 0 Å². The maximum absolute atomic E-state index is 8.36. The number of likely N-dealkylation sites (N-methyl/N-ethyl adjacent to an activating group) is 1. The molecule has 6 nitrogen and oxygen atoms in total. The topological polar surface area (TPSA) is 95.6 Å². The van der Waals surface area contributed by atoms with Crippen molar-refractivity contribution in [2.75, 3.05) is 20.2 Å². The van der Waals surface area contributed by atoms with Crippen LogP contribution in [0, 0.1) is 10.1 Å². The summed E-state index contributed by atoms with van der Waals surface area (Å²) in [4.78, 5) is 8.36. The number of nitrogens with one attached hydrogen (secondary N) is 1. The Balaban J connectivity index is 0. The lowest BCUT2D eigenvalue weighted by molar-refractivity contribution is -0.742. The summed E-state index contributed by atoms with van der Waals surface area (Å²) in [6, 6.07) is 0. The Labute approximate surface area is 52.2 Å². The van der Waals surface area contributed by atoms with Gasteiger partial charge in [-0.2, -0.15) is 0 Å². The third-order valence-electron chi connectivity index (χ3n) is 0.362. The minimum Gasteiger partial charge on any atom is -0.395 e. The minimum absolute atomic E-state index is 0.233. The standard InChI is InChI=1S/C3H9NO.HNO3/c1-4-2-3-5;2-1(3)4/h4-5H,2-3H2,1H3;(H,2,3,4). The van der Waals surface area contributed by atoms with Crippen LogP contribution in [0.15, 0.2) is 0 Å². The molecule has 0 aromatic carbocycles. The summed E-state index contributed by atoms with van der Waals surface area (Å²) in [6.07, 6.45) is 0. The molecule has 0 aliphatic carbocycles. The maximum atomic E-state index is 8.36. The molecule has 0 aromatic heterocycles. The van der Waals surface area contributed by atoms with Crippen molar-refractivity contribution < 1.29 is 15.4 Å². The van der Waals surface area contributed by atoms with E-state index >= 15 is 0 Å². The normalized spacial score (nSPS) is 7.33. The molecule has 0 amide bonds. The van der Waals surface area contributed by atoms with Gasteiger partial charge in [0.05, 0.1) is 6.61 Å². The van der Waals surface area contributed by atoms with Crippen LogP contribution in [0.4, 0.5) is 0 Å². The van der Waals surface area contributed by atoms with E-state index in [2.05, 4.69) is 5.32 Å². The fraction of sp³-hybridized carbons (Fsp3) is 1.00. The lowest BCUT2D eigenvalue weighted by atomic mass is 10.7. The maximum Gasteiger partial charge on any atom is 0.291 e. The van der Waals surface area contributed by atoms with Gasteiger partial charge in [0, 0.05) is 6.54 Å². The summed E-state index contributed by atoms with van der Waals surface area (Å²) in [5.74, 6) is 0. The summed E-state index contributed by atoms with van der Waals surface area (Å²) in [5.41, 5.74) is 0. The van der Waals surface area contributed by atoms with Gasteiger partial charge in [-0.15, -0.1) is 10.1 Å². The van der Waals surface area contributed by atoms with Crippen molar-refractivity contribution in [2.45, 2.75) is 0 Å². The van der Waals surface area contributed by atoms with Crippen molar-refractivity contribution in [1.29, 1.82) is 0 Å². The van der Waals surface area contributed by atoms with Crippen molar-refractivity contribution in [2.24, 2.45) is 0 Å². The highest BCUT2D eigenvalue weighted by Crippen LogP contribution is 1.42. The highest BCUT2D eigenvalue weighted by Gasteiger charge is 1.66. The minimum atomic E-state index is -1.50. The van der Waals surface area contributed by atoms with E-state index in [0.29, 0.717) is 6.54 Å². The van der Waals surface area contributed by atoms with E-state index in [1.807, 2.05) is 0 Å². The first-order valence-corrected chi connectivity index (χ1v) is 2.23. The molecule has 0 radical (unpaired) electrons. The van der Waals surface area contributed by atoms with Crippen LogP contribution in [0.1, 0.15) is 0 Å². The monoisotopic (exact) mass is 138 g/mol. The van der Waals surface area contributed by atoms with Crippen LogP contribution in [0.5, 0.6) is 0 Å². The van der Waals surface area contributed by atoms with E-state index in [0.717, 1.165) is 0 Å². The fourth-order valence-corrected chi connectivity index (χ4v) is 0.112. The molecule has 9 heavy (non-hydrogen) atoms. The van der Waals surface area contributed by atoms with Crippen LogP contribution in [0.3, 0.4) is 0 Å². The van der Waals surface area contributed by atoms with Gasteiger partial charge in [0.25, 0.3) is 5.09 Å². The Morgan fingerprint density at radius 3 is 2.11 bits per heavy atom. The number of rotatable bonds is 2. The molecule has 0 aliphatic rings. The van der Waals surface area contributed by atoms with Gasteiger partial charge in [0.15, 0.2) is 0 Å². The van der Waals surface area contributed by atoms with E-state index in [1.54, 1.807) is 7.05 Å². The predicted octanol–water partition coefficient (Wildman–Crippen LogP) is -1.15. The molecule has 0 bridgehead atoms. The second-order valence-electron chi connectivity index (χ2n) is 1.06. The van der Waals surface area contributed by atoms with Gasteiger partial charge in [-0.25, -0.2) is 0 Å². The van der Waals surface area contributed by atoms with Gasteiger partial charge in [-0.1, -0.05) is 0 Å². The molecule has 56 valence electrons. The quantitative estimate of drug-likeness (QED) is 0.331. The molecular formula is C3H10N2O4. The third-order valence-corrected chi connectivity index (χ3v) is 0.362. The van der Waals surface area contributed by atoms with Gasteiger partial charge < -0.3 is 15.6 Å². The van der Waals surface area contributed by atoms with Crippen molar-refractivity contribution in [3.05, 3.63) is 10.1 Å². The summed E-state index contributed by atoms with van der Waals surface area (Å²) in [7, 11) is 1.80. The predicted molar refractivity (Wildman–Crippen MR) is 29.8 cm³/mol. The van der Waals surface area contributed by atoms with Crippen molar-refractivity contribution in [1.82, 2.24) is 5.32 Å². The van der Waals surface area contributed by atoms with Crippen LogP contribution in [0.25, 0.3) is 0 Å². The molecule has 0 unspecified atom stereocenters. The van der Waals surface area contributed by atoms with Crippen LogP contribution >= 0.6 is 0 Å². The van der Waals surface area contributed by atoms with Crippen molar-refractivity contribution in [3.8, 4) is 0 Å². The summed E-state index contributed by atoms with van der Waals surface area (Å²) in [6.45, 7) is 0.927. The molecule has 0 saturated carbocycles. The first-order valence-electron chi connectivity index (χ1n) is 2.23. The molecule has 0 aliphatic heterocycles. The van der Waals surface area contributed by atoms with Gasteiger partial charge in [0.1, 0.15) is 0 Å². The average molecular weight is 138 g/mol. The molecule has 0 heterocycles. The van der Waals surface area contributed by atoms with Gasteiger partial charge >= 0.3 is 0 Å². The van der Waals surface area contributed by atoms with E-state index < -0.39 is 5.09 Å². The van der Waals surface area contributed by atoms with E-state index in [1.165, 1.54) is 0 Å². The van der Waals surface area contributed by atoms with Crippen LogP contribution in [-0.2, 0) is 0 Å². The van der Waals surface area contributed by atoms with Gasteiger partial charge in [-0.05, 0) is 7.05 Å². The Bertz CT molecular complexity index is 60.8. The zero-order valence-corrected chi connectivity index (χ0v) is 5.07. The van der Waals surface area contributed by atoms with Crippen LogP contribution in [0.2, 0.25) is 0 Å². The number of hydrogen-bond acceptors (Lipinski definition) is 4. The summed E-state index contributed by atoms with van der Waals surface area (Å²) < 4.78 is 0. The largest absolute Gasteiger partial charge is 0.395 e. The molecule has 0 rings (SSSR count). The zero-order valence-electron chi connectivity index (χ0n) is 5.07. The molecule has 0 fully saturated rings. The van der Waals surface area contributed by atoms with E-state index in [4.69, 9.17) is 20.4 Å². The van der Waals surface area contributed by atoms with Crippen LogP contribution in [-0.4, -0.2) is 35.6 Å². The molecule has 0 spiro atoms. The van der Waals surface area contributed by atoms with Gasteiger partial charge in [0.2, 0.25) is 0 Å².